The number of rotatable bonds is 9. The average Bonchev–Trinajstić information content (AvgIpc) is 2.60. The lowest BCUT2D eigenvalue weighted by Crippen LogP contribution is -2.43. The summed E-state index contributed by atoms with van der Waals surface area (Å²) in [5.74, 6) is 1.96. The third kappa shape index (κ3) is 8.41. The van der Waals surface area contributed by atoms with Crippen molar-refractivity contribution in [1.82, 2.24) is 15.5 Å². The Kier molecular flexibility index (Phi) is 9.05. The normalized spacial score (nSPS) is 12.1. The summed E-state index contributed by atoms with van der Waals surface area (Å²) in [6, 6.07) is 7.45. The molecule has 7 heteroatoms. The number of likely N-dealkylation sites (N-methyl/N-ethyl adjacent to an activating group) is 1. The predicted octanol–water partition coefficient (Wildman–Crippen LogP) is 1.66. The van der Waals surface area contributed by atoms with E-state index in [2.05, 4.69) is 22.2 Å². The second-order valence-electron chi connectivity index (χ2n) is 6.25. The fourth-order valence-corrected chi connectivity index (χ4v) is 1.89. The number of ether oxygens (including phenoxy) is 2. The molecular weight excluding hydrogens is 332 g/mol. The first-order valence-electron chi connectivity index (χ1n) is 8.49. The molecule has 26 heavy (non-hydrogen) atoms. The van der Waals surface area contributed by atoms with Gasteiger partial charge in [0.05, 0.1) is 13.7 Å². The molecular formula is C19H30N4O3. The molecule has 1 amide bonds. The summed E-state index contributed by atoms with van der Waals surface area (Å²) in [7, 11) is 5.03. The number of carbonyl (C=O) groups is 1. The maximum Gasteiger partial charge on any atom is 0.243 e. The molecule has 0 aromatic heterocycles. The van der Waals surface area contributed by atoms with Gasteiger partial charge in [-0.25, -0.2) is 4.99 Å². The molecule has 0 aliphatic carbocycles. The molecule has 0 bridgehead atoms. The maximum atomic E-state index is 11.7. The number of hydrogen-bond donors (Lipinski definition) is 2. The molecule has 1 rings (SSSR count). The zero-order chi connectivity index (χ0) is 19.5. The predicted molar refractivity (Wildman–Crippen MR) is 105 cm³/mol. The number of nitrogens with one attached hydrogen (secondary N) is 2. The molecule has 0 saturated heterocycles. The van der Waals surface area contributed by atoms with E-state index in [9.17, 15) is 4.79 Å². The Morgan fingerprint density at radius 1 is 1.31 bits per heavy atom. The summed E-state index contributed by atoms with van der Waals surface area (Å²) in [5.41, 5.74) is 0.971. The Morgan fingerprint density at radius 2 is 2.00 bits per heavy atom. The van der Waals surface area contributed by atoms with E-state index in [1.807, 2.05) is 38.1 Å². The molecule has 7 nitrogen and oxygen atoms in total. The van der Waals surface area contributed by atoms with Crippen molar-refractivity contribution >= 4 is 11.9 Å². The van der Waals surface area contributed by atoms with Crippen LogP contribution in [0, 0.1) is 0 Å². The highest BCUT2D eigenvalue weighted by molar-refractivity contribution is 5.84. The minimum atomic E-state index is -0.108. The SMILES string of the molecule is C=C(C)CNC(=NCC(=O)N(C)C)NCC(C)Oc1cccc(OC)c1. The van der Waals surface area contributed by atoms with E-state index >= 15 is 0 Å². The summed E-state index contributed by atoms with van der Waals surface area (Å²) >= 11 is 0. The van der Waals surface area contributed by atoms with Crippen molar-refractivity contribution in [1.29, 1.82) is 0 Å². The van der Waals surface area contributed by atoms with E-state index in [4.69, 9.17) is 9.47 Å². The lowest BCUT2D eigenvalue weighted by atomic mass is 10.3. The molecule has 1 unspecified atom stereocenters. The zero-order valence-electron chi connectivity index (χ0n) is 16.3. The molecule has 0 heterocycles. The van der Waals surface area contributed by atoms with Gasteiger partial charge < -0.3 is 25.0 Å². The first kappa shape index (κ1) is 21.3. The van der Waals surface area contributed by atoms with E-state index in [1.54, 1.807) is 21.2 Å². The van der Waals surface area contributed by atoms with Crippen LogP contribution in [-0.4, -0.2) is 63.7 Å². The van der Waals surface area contributed by atoms with Gasteiger partial charge >= 0.3 is 0 Å². The van der Waals surface area contributed by atoms with Crippen molar-refractivity contribution in [2.24, 2.45) is 4.99 Å². The van der Waals surface area contributed by atoms with Gasteiger partial charge in [-0.3, -0.25) is 4.79 Å². The third-order valence-electron chi connectivity index (χ3n) is 3.36. The number of aliphatic imine (C=N–C) groups is 1. The average molecular weight is 362 g/mol. The molecule has 0 aliphatic rings. The van der Waals surface area contributed by atoms with E-state index in [-0.39, 0.29) is 18.6 Å². The van der Waals surface area contributed by atoms with Gasteiger partial charge in [-0.2, -0.15) is 0 Å². The first-order valence-corrected chi connectivity index (χ1v) is 8.49. The Bertz CT molecular complexity index is 629. The number of guanidine groups is 1. The van der Waals surface area contributed by atoms with E-state index in [0.29, 0.717) is 19.0 Å². The van der Waals surface area contributed by atoms with Gasteiger partial charge in [-0.1, -0.05) is 18.2 Å². The van der Waals surface area contributed by atoms with Gasteiger partial charge in [0.1, 0.15) is 24.1 Å². The lowest BCUT2D eigenvalue weighted by molar-refractivity contribution is -0.127. The number of benzene rings is 1. The minimum Gasteiger partial charge on any atom is -0.497 e. The molecule has 0 fully saturated rings. The number of amides is 1. The van der Waals surface area contributed by atoms with Crippen molar-refractivity contribution in [3.05, 3.63) is 36.4 Å². The first-order chi connectivity index (χ1) is 12.3. The van der Waals surface area contributed by atoms with Crippen molar-refractivity contribution in [2.45, 2.75) is 20.0 Å². The lowest BCUT2D eigenvalue weighted by Gasteiger charge is -2.18. The Morgan fingerprint density at radius 3 is 2.62 bits per heavy atom. The molecule has 1 aromatic carbocycles. The standard InChI is InChI=1S/C19H30N4O3/c1-14(2)11-20-19(22-13-18(24)23(4)5)21-12-15(3)26-17-9-7-8-16(10-17)25-6/h7-10,15H,1,11-13H2,2-6H3,(H2,20,21,22). The smallest absolute Gasteiger partial charge is 0.243 e. The molecule has 2 N–H and O–H groups in total. The highest BCUT2D eigenvalue weighted by Crippen LogP contribution is 2.19. The monoisotopic (exact) mass is 362 g/mol. The van der Waals surface area contributed by atoms with Gasteiger partial charge in [-0.15, -0.1) is 0 Å². The quantitative estimate of drug-likeness (QED) is 0.397. The van der Waals surface area contributed by atoms with Crippen LogP contribution in [0.3, 0.4) is 0 Å². The zero-order valence-corrected chi connectivity index (χ0v) is 16.3. The molecule has 1 aromatic rings. The van der Waals surface area contributed by atoms with Gasteiger partial charge in [0.2, 0.25) is 5.91 Å². The molecule has 0 radical (unpaired) electrons. The van der Waals surface area contributed by atoms with Crippen LogP contribution in [-0.2, 0) is 4.79 Å². The number of methoxy groups -OCH3 is 1. The van der Waals surface area contributed by atoms with Crippen LogP contribution >= 0.6 is 0 Å². The van der Waals surface area contributed by atoms with Crippen LogP contribution in [0.15, 0.2) is 41.4 Å². The van der Waals surface area contributed by atoms with Crippen LogP contribution in [0.4, 0.5) is 0 Å². The van der Waals surface area contributed by atoms with Crippen LogP contribution in [0.5, 0.6) is 11.5 Å². The summed E-state index contributed by atoms with van der Waals surface area (Å²) in [5, 5.41) is 6.33. The van der Waals surface area contributed by atoms with Crippen molar-refractivity contribution in [3.8, 4) is 11.5 Å². The summed E-state index contributed by atoms with van der Waals surface area (Å²) in [6.07, 6.45) is -0.108. The summed E-state index contributed by atoms with van der Waals surface area (Å²) < 4.78 is 11.1. The topological polar surface area (TPSA) is 75.2 Å². The third-order valence-corrected chi connectivity index (χ3v) is 3.36. The summed E-state index contributed by atoms with van der Waals surface area (Å²) in [4.78, 5) is 17.6. The van der Waals surface area contributed by atoms with E-state index in [0.717, 1.165) is 17.1 Å². The second kappa shape index (κ2) is 11.0. The number of carbonyl (C=O) groups excluding carboxylic acids is 1. The Balaban J connectivity index is 2.60. The van der Waals surface area contributed by atoms with Gasteiger partial charge in [-0.05, 0) is 26.0 Å². The molecule has 0 saturated carbocycles. The van der Waals surface area contributed by atoms with Crippen LogP contribution in [0.25, 0.3) is 0 Å². The Labute approximate surface area is 156 Å². The highest BCUT2D eigenvalue weighted by atomic mass is 16.5. The van der Waals surface area contributed by atoms with E-state index in [1.165, 1.54) is 4.90 Å². The van der Waals surface area contributed by atoms with Gasteiger partial charge in [0, 0.05) is 26.7 Å². The molecule has 0 aliphatic heterocycles. The van der Waals surface area contributed by atoms with Crippen molar-refractivity contribution in [3.63, 3.8) is 0 Å². The number of hydrogen-bond acceptors (Lipinski definition) is 4. The van der Waals surface area contributed by atoms with Gasteiger partial charge in [0.15, 0.2) is 5.96 Å². The molecule has 0 spiro atoms. The minimum absolute atomic E-state index is 0.0675. The van der Waals surface area contributed by atoms with Crippen molar-refractivity contribution in [2.75, 3.05) is 40.8 Å². The van der Waals surface area contributed by atoms with Gasteiger partial charge in [0.25, 0.3) is 0 Å². The fourth-order valence-electron chi connectivity index (χ4n) is 1.89. The molecule has 144 valence electrons. The second-order valence-corrected chi connectivity index (χ2v) is 6.25. The Hall–Kier alpha value is -2.70. The number of nitrogens with zero attached hydrogens (tertiary/aromatic N) is 2. The maximum absolute atomic E-state index is 11.7. The van der Waals surface area contributed by atoms with Crippen molar-refractivity contribution < 1.29 is 14.3 Å². The van der Waals surface area contributed by atoms with E-state index < -0.39 is 0 Å². The van der Waals surface area contributed by atoms with Crippen LogP contribution in [0.1, 0.15) is 13.8 Å². The van der Waals surface area contributed by atoms with Crippen LogP contribution in [0.2, 0.25) is 0 Å². The molecule has 1 atom stereocenters. The summed E-state index contributed by atoms with van der Waals surface area (Å²) in [6.45, 7) is 8.91. The highest BCUT2D eigenvalue weighted by Gasteiger charge is 2.08. The van der Waals surface area contributed by atoms with Crippen LogP contribution < -0.4 is 20.1 Å². The fraction of sp³-hybridized carbons (Fsp3) is 0.474. The largest absolute Gasteiger partial charge is 0.497 e.